The third kappa shape index (κ3) is 1.41. The third-order valence-corrected chi connectivity index (χ3v) is 5.03. The lowest BCUT2D eigenvalue weighted by molar-refractivity contribution is -0.165. The van der Waals surface area contributed by atoms with Crippen LogP contribution in [0, 0.1) is 22.7 Å². The van der Waals surface area contributed by atoms with Gasteiger partial charge in [0, 0.05) is 0 Å². The normalized spacial score (nSPS) is 49.4. The molecule has 16 heavy (non-hydrogen) atoms. The van der Waals surface area contributed by atoms with Crippen LogP contribution in [-0.4, -0.2) is 13.0 Å². The zero-order valence-corrected chi connectivity index (χ0v) is 10.2. The third-order valence-electron chi connectivity index (χ3n) is 5.03. The van der Waals surface area contributed by atoms with Gasteiger partial charge in [-0.3, -0.25) is 9.63 Å². The highest BCUT2D eigenvalue weighted by atomic mass is 16.6. The Morgan fingerprint density at radius 1 is 1.25 bits per heavy atom. The highest BCUT2D eigenvalue weighted by molar-refractivity contribution is 5.82. The van der Waals surface area contributed by atoms with Gasteiger partial charge in [0.1, 0.15) is 0 Å². The number of nitrogens with one attached hydrogen (secondary N) is 1. The number of rotatable bonds is 2. The van der Waals surface area contributed by atoms with Crippen molar-refractivity contribution in [3.63, 3.8) is 0 Å². The van der Waals surface area contributed by atoms with Crippen molar-refractivity contribution in [3.05, 3.63) is 0 Å². The van der Waals surface area contributed by atoms with Crippen LogP contribution < -0.4 is 5.48 Å². The van der Waals surface area contributed by atoms with Gasteiger partial charge in [0.2, 0.25) is 5.91 Å². The van der Waals surface area contributed by atoms with Gasteiger partial charge in [-0.25, -0.2) is 5.48 Å². The van der Waals surface area contributed by atoms with Gasteiger partial charge in [0.25, 0.3) is 0 Å². The van der Waals surface area contributed by atoms with Crippen molar-refractivity contribution < 1.29 is 9.63 Å². The molecule has 0 aromatic carbocycles. The SMILES string of the molecule is CONC(=O)C12CC3CC(CC(C)(C3)C1)C2. The molecule has 2 unspecified atom stereocenters. The second kappa shape index (κ2) is 3.22. The fraction of sp³-hybridized carbons (Fsp3) is 0.923. The minimum atomic E-state index is -0.102. The van der Waals surface area contributed by atoms with Gasteiger partial charge in [-0.2, -0.15) is 0 Å². The summed E-state index contributed by atoms with van der Waals surface area (Å²) < 4.78 is 0. The minimum Gasteiger partial charge on any atom is -0.277 e. The minimum absolute atomic E-state index is 0.102. The molecule has 2 atom stereocenters. The van der Waals surface area contributed by atoms with Crippen LogP contribution in [-0.2, 0) is 9.63 Å². The summed E-state index contributed by atoms with van der Waals surface area (Å²) in [7, 11) is 1.53. The van der Waals surface area contributed by atoms with E-state index < -0.39 is 0 Å². The summed E-state index contributed by atoms with van der Waals surface area (Å²) >= 11 is 0. The fourth-order valence-corrected chi connectivity index (χ4v) is 5.19. The summed E-state index contributed by atoms with van der Waals surface area (Å²) in [6.07, 6.45) is 7.29. The maximum Gasteiger partial charge on any atom is 0.249 e. The van der Waals surface area contributed by atoms with Crippen molar-refractivity contribution in [2.75, 3.05) is 7.11 Å². The Kier molecular flexibility index (Phi) is 2.13. The molecule has 1 amide bonds. The first-order chi connectivity index (χ1) is 7.55. The van der Waals surface area contributed by atoms with Crippen LogP contribution in [0.25, 0.3) is 0 Å². The molecule has 3 heteroatoms. The van der Waals surface area contributed by atoms with E-state index in [1.54, 1.807) is 0 Å². The summed E-state index contributed by atoms with van der Waals surface area (Å²) in [5, 5.41) is 0. The monoisotopic (exact) mass is 223 g/mol. The maximum absolute atomic E-state index is 12.2. The van der Waals surface area contributed by atoms with Crippen LogP contribution >= 0.6 is 0 Å². The van der Waals surface area contributed by atoms with Gasteiger partial charge in [-0.15, -0.1) is 0 Å². The predicted octanol–water partition coefficient (Wildman–Crippen LogP) is 2.27. The van der Waals surface area contributed by atoms with E-state index in [4.69, 9.17) is 4.84 Å². The molecule has 0 heterocycles. The lowest BCUT2D eigenvalue weighted by Crippen LogP contribution is -2.56. The van der Waals surface area contributed by atoms with Gasteiger partial charge in [-0.05, 0) is 55.8 Å². The van der Waals surface area contributed by atoms with Gasteiger partial charge in [0.05, 0.1) is 12.5 Å². The molecule has 0 radical (unpaired) electrons. The standard InChI is InChI=1S/C13H21NO2/c1-12-4-9-3-10(5-12)7-13(6-9,8-12)11(15)14-16-2/h9-10H,3-8H2,1-2H3,(H,14,15). The van der Waals surface area contributed by atoms with Gasteiger partial charge in [-0.1, -0.05) is 6.92 Å². The van der Waals surface area contributed by atoms with E-state index in [0.29, 0.717) is 5.41 Å². The highest BCUT2D eigenvalue weighted by Crippen LogP contribution is 2.65. The van der Waals surface area contributed by atoms with Crippen LogP contribution in [0.4, 0.5) is 0 Å². The van der Waals surface area contributed by atoms with E-state index in [9.17, 15) is 4.79 Å². The summed E-state index contributed by atoms with van der Waals surface area (Å²) in [5.41, 5.74) is 2.90. The molecule has 0 aromatic heterocycles. The van der Waals surface area contributed by atoms with Crippen molar-refractivity contribution in [2.24, 2.45) is 22.7 Å². The molecule has 0 saturated heterocycles. The molecule has 4 saturated carbocycles. The average Bonchev–Trinajstić information content (AvgIpc) is 2.13. The first-order valence-corrected chi connectivity index (χ1v) is 6.39. The van der Waals surface area contributed by atoms with Crippen LogP contribution in [0.3, 0.4) is 0 Å². The van der Waals surface area contributed by atoms with Crippen molar-refractivity contribution in [2.45, 2.75) is 45.4 Å². The molecular weight excluding hydrogens is 202 g/mol. The number of carbonyl (C=O) groups excluding carboxylic acids is 1. The summed E-state index contributed by atoms with van der Waals surface area (Å²) in [5.74, 6) is 1.71. The first kappa shape index (κ1) is 10.6. The molecule has 4 rings (SSSR count). The van der Waals surface area contributed by atoms with Crippen molar-refractivity contribution in [1.29, 1.82) is 0 Å². The molecule has 4 fully saturated rings. The second-order valence-electron chi connectivity index (χ2n) is 6.69. The molecule has 1 N–H and O–H groups in total. The number of hydrogen-bond acceptors (Lipinski definition) is 2. The van der Waals surface area contributed by atoms with E-state index in [-0.39, 0.29) is 11.3 Å². The number of hydroxylamine groups is 1. The van der Waals surface area contributed by atoms with E-state index >= 15 is 0 Å². The smallest absolute Gasteiger partial charge is 0.249 e. The zero-order chi connectivity index (χ0) is 11.4. The Hall–Kier alpha value is -0.570. The highest BCUT2D eigenvalue weighted by Gasteiger charge is 2.58. The van der Waals surface area contributed by atoms with E-state index in [0.717, 1.165) is 31.1 Å². The van der Waals surface area contributed by atoms with Gasteiger partial charge in [0.15, 0.2) is 0 Å². The van der Waals surface area contributed by atoms with Crippen LogP contribution in [0.1, 0.15) is 45.4 Å². The summed E-state index contributed by atoms with van der Waals surface area (Å²) in [6.45, 7) is 2.37. The molecule has 4 aliphatic carbocycles. The number of hydrogen-bond donors (Lipinski definition) is 1. The molecule has 4 bridgehead atoms. The Morgan fingerprint density at radius 3 is 2.38 bits per heavy atom. The van der Waals surface area contributed by atoms with Crippen LogP contribution in [0.15, 0.2) is 0 Å². The van der Waals surface area contributed by atoms with Gasteiger partial charge >= 0.3 is 0 Å². The van der Waals surface area contributed by atoms with E-state index in [2.05, 4.69) is 12.4 Å². The van der Waals surface area contributed by atoms with E-state index in [1.165, 1.54) is 26.4 Å². The van der Waals surface area contributed by atoms with E-state index in [1.807, 2.05) is 0 Å². The molecule has 3 nitrogen and oxygen atoms in total. The topological polar surface area (TPSA) is 38.3 Å². The second-order valence-corrected chi connectivity index (χ2v) is 6.69. The first-order valence-electron chi connectivity index (χ1n) is 6.39. The Balaban J connectivity index is 1.89. The molecular formula is C13H21NO2. The van der Waals surface area contributed by atoms with Crippen LogP contribution in [0.2, 0.25) is 0 Å². The zero-order valence-electron chi connectivity index (χ0n) is 10.2. The molecule has 4 aliphatic rings. The van der Waals surface area contributed by atoms with Crippen LogP contribution in [0.5, 0.6) is 0 Å². The Bertz CT molecular complexity index is 312. The molecule has 0 spiro atoms. The quantitative estimate of drug-likeness (QED) is 0.729. The number of carbonyl (C=O) groups is 1. The van der Waals surface area contributed by atoms with Gasteiger partial charge < -0.3 is 0 Å². The summed E-state index contributed by atoms with van der Waals surface area (Å²) in [6, 6.07) is 0. The van der Waals surface area contributed by atoms with Crippen molar-refractivity contribution >= 4 is 5.91 Å². The average molecular weight is 223 g/mol. The molecule has 90 valence electrons. The Labute approximate surface area is 96.9 Å². The summed E-state index contributed by atoms with van der Waals surface area (Å²) in [4.78, 5) is 17.0. The lowest BCUT2D eigenvalue weighted by atomic mass is 9.44. The lowest BCUT2D eigenvalue weighted by Gasteiger charge is -2.60. The fourth-order valence-electron chi connectivity index (χ4n) is 5.19. The molecule has 0 aromatic rings. The molecule has 0 aliphatic heterocycles. The van der Waals surface area contributed by atoms with Crippen molar-refractivity contribution in [1.82, 2.24) is 5.48 Å². The largest absolute Gasteiger partial charge is 0.277 e. The van der Waals surface area contributed by atoms with Crippen molar-refractivity contribution in [3.8, 4) is 0 Å². The maximum atomic E-state index is 12.2. The predicted molar refractivity (Wildman–Crippen MR) is 60.4 cm³/mol. The Morgan fingerprint density at radius 2 is 1.88 bits per heavy atom. The number of amides is 1.